The van der Waals surface area contributed by atoms with Crippen molar-refractivity contribution >= 4 is 35.0 Å². The SMILES string of the molecule is C/C(=N\NC(=O)c1ccc(CSCc2ccccc2)cc1)c1ccc(NC(=O)c2ccccc2)cc1. The molecule has 0 aromatic heterocycles. The third-order valence-corrected chi connectivity index (χ3v) is 6.59. The summed E-state index contributed by atoms with van der Waals surface area (Å²) in [4.78, 5) is 24.8. The summed E-state index contributed by atoms with van der Waals surface area (Å²) in [7, 11) is 0. The first-order valence-electron chi connectivity index (χ1n) is 11.6. The molecule has 4 rings (SSSR count). The van der Waals surface area contributed by atoms with E-state index in [-0.39, 0.29) is 11.8 Å². The van der Waals surface area contributed by atoms with Gasteiger partial charge < -0.3 is 5.32 Å². The van der Waals surface area contributed by atoms with Gasteiger partial charge in [0.15, 0.2) is 0 Å². The largest absolute Gasteiger partial charge is 0.322 e. The molecule has 0 bridgehead atoms. The summed E-state index contributed by atoms with van der Waals surface area (Å²) in [6.45, 7) is 1.82. The maximum Gasteiger partial charge on any atom is 0.271 e. The second-order valence-corrected chi connectivity index (χ2v) is 9.20. The average Bonchev–Trinajstić information content (AvgIpc) is 2.93. The van der Waals surface area contributed by atoms with Crippen LogP contribution in [0.25, 0.3) is 0 Å². The summed E-state index contributed by atoms with van der Waals surface area (Å²) in [5.74, 6) is 1.42. The van der Waals surface area contributed by atoms with Gasteiger partial charge in [0.05, 0.1) is 5.71 Å². The number of hydrazone groups is 1. The Hall–Kier alpha value is -4.16. The fourth-order valence-electron chi connectivity index (χ4n) is 3.46. The number of benzene rings is 4. The minimum atomic E-state index is -0.260. The second-order valence-electron chi connectivity index (χ2n) is 8.21. The number of hydrogen-bond acceptors (Lipinski definition) is 4. The Morgan fingerprint density at radius 2 is 1.17 bits per heavy atom. The molecule has 0 unspecified atom stereocenters. The molecule has 0 aliphatic carbocycles. The number of amides is 2. The van der Waals surface area contributed by atoms with Crippen molar-refractivity contribution in [2.24, 2.45) is 5.10 Å². The van der Waals surface area contributed by atoms with Gasteiger partial charge in [-0.25, -0.2) is 5.43 Å². The highest BCUT2D eigenvalue weighted by molar-refractivity contribution is 7.97. The number of carbonyl (C=O) groups excluding carboxylic acids is 2. The normalized spacial score (nSPS) is 11.1. The van der Waals surface area contributed by atoms with E-state index in [4.69, 9.17) is 0 Å². The molecule has 0 heterocycles. The van der Waals surface area contributed by atoms with E-state index in [0.29, 0.717) is 22.5 Å². The third-order valence-electron chi connectivity index (χ3n) is 5.52. The van der Waals surface area contributed by atoms with Crippen LogP contribution in [0.3, 0.4) is 0 Å². The van der Waals surface area contributed by atoms with Crippen LogP contribution >= 0.6 is 11.8 Å². The molecule has 0 saturated heterocycles. The monoisotopic (exact) mass is 493 g/mol. The van der Waals surface area contributed by atoms with E-state index in [0.717, 1.165) is 17.1 Å². The summed E-state index contributed by atoms with van der Waals surface area (Å²) >= 11 is 1.84. The van der Waals surface area contributed by atoms with Crippen molar-refractivity contribution in [3.63, 3.8) is 0 Å². The lowest BCUT2D eigenvalue weighted by Crippen LogP contribution is -2.19. The topological polar surface area (TPSA) is 70.6 Å². The summed E-state index contributed by atoms with van der Waals surface area (Å²) in [5.41, 5.74) is 8.45. The first kappa shape index (κ1) is 24.9. The molecule has 5 nitrogen and oxygen atoms in total. The van der Waals surface area contributed by atoms with Gasteiger partial charge in [-0.05, 0) is 60.0 Å². The van der Waals surface area contributed by atoms with Gasteiger partial charge in [0.2, 0.25) is 0 Å². The van der Waals surface area contributed by atoms with Gasteiger partial charge in [-0.1, -0.05) is 72.8 Å². The Labute approximate surface area is 215 Å². The van der Waals surface area contributed by atoms with E-state index in [1.807, 2.05) is 91.5 Å². The van der Waals surface area contributed by atoms with Gasteiger partial charge in [0.25, 0.3) is 11.8 Å². The summed E-state index contributed by atoms with van der Waals surface area (Å²) in [6.07, 6.45) is 0. The standard InChI is InChI=1S/C30H27N3O2S/c1-22(25-16-18-28(19-17-25)31-29(34)26-10-6-3-7-11-26)32-33-30(35)27-14-12-24(13-15-27)21-36-20-23-8-4-2-5-9-23/h2-19H,20-21H2,1H3,(H,31,34)(H,33,35)/b32-22+. The summed E-state index contributed by atoms with van der Waals surface area (Å²) in [5, 5.41) is 7.11. The highest BCUT2D eigenvalue weighted by Gasteiger charge is 2.07. The number of nitrogens with one attached hydrogen (secondary N) is 2. The third kappa shape index (κ3) is 7.17. The van der Waals surface area contributed by atoms with Crippen LogP contribution in [0, 0.1) is 0 Å². The molecule has 2 N–H and O–H groups in total. The number of anilines is 1. The quantitative estimate of drug-likeness (QED) is 0.206. The van der Waals surface area contributed by atoms with Gasteiger partial charge in [0.1, 0.15) is 0 Å². The highest BCUT2D eigenvalue weighted by Crippen LogP contribution is 2.18. The number of nitrogens with zero attached hydrogens (tertiary/aromatic N) is 1. The van der Waals surface area contributed by atoms with Gasteiger partial charge >= 0.3 is 0 Å². The molecule has 0 spiro atoms. The minimum absolute atomic E-state index is 0.165. The van der Waals surface area contributed by atoms with Gasteiger partial charge in [0, 0.05) is 28.3 Å². The van der Waals surface area contributed by atoms with E-state index in [2.05, 4.69) is 40.1 Å². The maximum atomic E-state index is 12.5. The van der Waals surface area contributed by atoms with E-state index in [1.165, 1.54) is 11.1 Å². The van der Waals surface area contributed by atoms with Crippen molar-refractivity contribution in [2.45, 2.75) is 18.4 Å². The van der Waals surface area contributed by atoms with Gasteiger partial charge in [-0.15, -0.1) is 0 Å². The van der Waals surface area contributed by atoms with E-state index >= 15 is 0 Å². The molecule has 180 valence electrons. The molecule has 0 saturated carbocycles. The average molecular weight is 494 g/mol. The van der Waals surface area contributed by atoms with Gasteiger partial charge in [-0.3, -0.25) is 9.59 Å². The predicted octanol–water partition coefficient (Wildman–Crippen LogP) is 6.53. The van der Waals surface area contributed by atoms with Crippen molar-refractivity contribution in [1.29, 1.82) is 0 Å². The van der Waals surface area contributed by atoms with Crippen LogP contribution < -0.4 is 10.7 Å². The molecule has 0 radical (unpaired) electrons. The molecular weight excluding hydrogens is 466 g/mol. The van der Waals surface area contributed by atoms with Crippen LogP contribution in [0.4, 0.5) is 5.69 Å². The van der Waals surface area contributed by atoms with Crippen LogP contribution in [0.5, 0.6) is 0 Å². The van der Waals surface area contributed by atoms with E-state index in [9.17, 15) is 9.59 Å². The molecule has 4 aromatic carbocycles. The van der Waals surface area contributed by atoms with Crippen molar-refractivity contribution < 1.29 is 9.59 Å². The van der Waals surface area contributed by atoms with Crippen LogP contribution in [0.1, 0.15) is 44.3 Å². The van der Waals surface area contributed by atoms with Crippen molar-refractivity contribution in [3.05, 3.63) is 137 Å². The van der Waals surface area contributed by atoms with Crippen LogP contribution in [0.2, 0.25) is 0 Å². The van der Waals surface area contributed by atoms with Crippen LogP contribution in [-0.2, 0) is 11.5 Å². The molecule has 4 aromatic rings. The van der Waals surface area contributed by atoms with Crippen LogP contribution in [-0.4, -0.2) is 17.5 Å². The molecule has 36 heavy (non-hydrogen) atoms. The predicted molar refractivity (Wildman–Crippen MR) is 148 cm³/mol. The first-order chi connectivity index (χ1) is 17.6. The second kappa shape index (κ2) is 12.5. The lowest BCUT2D eigenvalue weighted by molar-refractivity contribution is 0.0954. The lowest BCUT2D eigenvalue weighted by atomic mass is 10.1. The molecule has 0 fully saturated rings. The van der Waals surface area contributed by atoms with E-state index in [1.54, 1.807) is 12.1 Å². The number of thioether (sulfide) groups is 1. The molecule has 6 heteroatoms. The van der Waals surface area contributed by atoms with E-state index < -0.39 is 0 Å². The number of carbonyl (C=O) groups is 2. The summed E-state index contributed by atoms with van der Waals surface area (Å²) in [6, 6.07) is 34.4. The summed E-state index contributed by atoms with van der Waals surface area (Å²) < 4.78 is 0. The Kier molecular flexibility index (Phi) is 8.67. The Morgan fingerprint density at radius 1 is 0.639 bits per heavy atom. The Bertz CT molecular complexity index is 1320. The molecular formula is C30H27N3O2S. The first-order valence-corrected chi connectivity index (χ1v) is 12.8. The zero-order valence-corrected chi connectivity index (χ0v) is 20.8. The zero-order valence-electron chi connectivity index (χ0n) is 20.0. The smallest absolute Gasteiger partial charge is 0.271 e. The van der Waals surface area contributed by atoms with Crippen molar-refractivity contribution in [3.8, 4) is 0 Å². The van der Waals surface area contributed by atoms with Gasteiger partial charge in [-0.2, -0.15) is 16.9 Å². The lowest BCUT2D eigenvalue weighted by Gasteiger charge is -2.07. The molecule has 2 amide bonds. The number of rotatable bonds is 9. The Morgan fingerprint density at radius 3 is 1.81 bits per heavy atom. The number of hydrogen-bond donors (Lipinski definition) is 2. The van der Waals surface area contributed by atoms with Crippen molar-refractivity contribution in [1.82, 2.24) is 5.43 Å². The molecule has 0 atom stereocenters. The van der Waals surface area contributed by atoms with Crippen LogP contribution in [0.15, 0.2) is 114 Å². The molecule has 0 aliphatic heterocycles. The minimum Gasteiger partial charge on any atom is -0.322 e. The Balaban J connectivity index is 1.27. The highest BCUT2D eigenvalue weighted by atomic mass is 32.2. The molecule has 0 aliphatic rings. The zero-order chi connectivity index (χ0) is 25.2. The maximum absolute atomic E-state index is 12.5. The fourth-order valence-corrected chi connectivity index (χ4v) is 4.42. The van der Waals surface area contributed by atoms with Crippen molar-refractivity contribution in [2.75, 3.05) is 5.32 Å². The fraction of sp³-hybridized carbons (Fsp3) is 0.100.